The van der Waals surface area contributed by atoms with Crippen molar-refractivity contribution in [2.75, 3.05) is 0 Å². The topological polar surface area (TPSA) is 0 Å². The monoisotopic (exact) mass is 446 g/mol. The zero-order valence-corrected chi connectivity index (χ0v) is 19.7. The van der Waals surface area contributed by atoms with Gasteiger partial charge >= 0.3 is 0 Å². The van der Waals surface area contributed by atoms with Gasteiger partial charge in [-0.1, -0.05) is 151 Å². The van der Waals surface area contributed by atoms with Crippen LogP contribution in [0, 0.1) is 0 Å². The Kier molecular flexibility index (Phi) is 6.55. The second-order valence-electron chi connectivity index (χ2n) is 7.62. The fourth-order valence-corrected chi connectivity index (χ4v) is 6.75. The smallest absolute Gasteiger partial charge is 0.0106 e. The SMILES string of the molecule is c1ccc(-c2ccccc2Pc2ccccc2Pc2ccccc2-c2ccccc2)cc1. The van der Waals surface area contributed by atoms with Gasteiger partial charge in [0.2, 0.25) is 0 Å². The highest BCUT2D eigenvalue weighted by molar-refractivity contribution is 7.62. The van der Waals surface area contributed by atoms with Crippen molar-refractivity contribution in [2.24, 2.45) is 0 Å². The summed E-state index contributed by atoms with van der Waals surface area (Å²) in [5.74, 6) is 0. The summed E-state index contributed by atoms with van der Waals surface area (Å²) in [6, 6.07) is 48.0. The summed E-state index contributed by atoms with van der Waals surface area (Å²) in [6.07, 6.45) is 0. The van der Waals surface area contributed by atoms with E-state index in [1.54, 1.807) is 0 Å². The van der Waals surface area contributed by atoms with Gasteiger partial charge in [0, 0.05) is 0 Å². The average molecular weight is 446 g/mol. The largest absolute Gasteiger partial charge is 0.0622 e. The van der Waals surface area contributed by atoms with Crippen LogP contribution in [0.1, 0.15) is 0 Å². The van der Waals surface area contributed by atoms with Crippen LogP contribution in [-0.4, -0.2) is 0 Å². The van der Waals surface area contributed by atoms with E-state index in [1.807, 2.05) is 0 Å². The molecule has 0 spiro atoms. The maximum atomic E-state index is 2.30. The van der Waals surface area contributed by atoms with Crippen molar-refractivity contribution in [1.29, 1.82) is 0 Å². The van der Waals surface area contributed by atoms with Gasteiger partial charge in [-0.15, -0.1) is 0 Å². The first-order valence-electron chi connectivity index (χ1n) is 10.8. The molecular weight excluding hydrogens is 422 g/mol. The molecule has 5 aromatic carbocycles. The summed E-state index contributed by atoms with van der Waals surface area (Å²) in [6.45, 7) is 0. The molecule has 0 aromatic heterocycles. The van der Waals surface area contributed by atoms with Gasteiger partial charge in [0.05, 0.1) is 0 Å². The molecule has 32 heavy (non-hydrogen) atoms. The summed E-state index contributed by atoms with van der Waals surface area (Å²) < 4.78 is 0. The molecule has 0 aliphatic rings. The molecule has 0 saturated heterocycles. The lowest BCUT2D eigenvalue weighted by molar-refractivity contribution is 1.65. The van der Waals surface area contributed by atoms with Crippen LogP contribution in [0.25, 0.3) is 22.3 Å². The Labute approximate surface area is 193 Å². The second-order valence-corrected chi connectivity index (χ2v) is 10.3. The number of benzene rings is 5. The van der Waals surface area contributed by atoms with Gasteiger partial charge in [-0.2, -0.15) is 0 Å². The van der Waals surface area contributed by atoms with Crippen LogP contribution in [0.15, 0.2) is 133 Å². The van der Waals surface area contributed by atoms with Crippen LogP contribution in [0.2, 0.25) is 0 Å². The Morgan fingerprint density at radius 1 is 0.281 bits per heavy atom. The zero-order valence-electron chi connectivity index (χ0n) is 17.7. The van der Waals surface area contributed by atoms with E-state index in [9.17, 15) is 0 Å². The van der Waals surface area contributed by atoms with E-state index in [0.29, 0.717) is 17.2 Å². The van der Waals surface area contributed by atoms with Crippen LogP contribution < -0.4 is 21.2 Å². The minimum Gasteiger partial charge on any atom is -0.0622 e. The van der Waals surface area contributed by atoms with E-state index in [1.165, 1.54) is 43.5 Å². The number of rotatable bonds is 6. The lowest BCUT2D eigenvalue weighted by atomic mass is 10.1. The lowest BCUT2D eigenvalue weighted by Crippen LogP contribution is -2.21. The quantitative estimate of drug-likeness (QED) is 0.269. The van der Waals surface area contributed by atoms with E-state index in [0.717, 1.165) is 0 Å². The molecule has 0 radical (unpaired) electrons. The average Bonchev–Trinajstić information content (AvgIpc) is 2.87. The molecule has 0 saturated carbocycles. The highest BCUT2D eigenvalue weighted by atomic mass is 31.1. The molecule has 0 bridgehead atoms. The minimum atomic E-state index is 0.622. The molecule has 0 fully saturated rings. The first kappa shape index (κ1) is 20.8. The third kappa shape index (κ3) is 4.73. The molecule has 5 rings (SSSR count). The van der Waals surface area contributed by atoms with Gasteiger partial charge in [0.15, 0.2) is 0 Å². The van der Waals surface area contributed by atoms with Crippen LogP contribution in [-0.2, 0) is 0 Å². The molecule has 0 heterocycles. The Bertz CT molecular complexity index is 1210. The van der Waals surface area contributed by atoms with Crippen molar-refractivity contribution in [3.05, 3.63) is 133 Å². The Hall–Kier alpha value is -3.04. The zero-order chi connectivity index (χ0) is 21.6. The van der Waals surface area contributed by atoms with Crippen molar-refractivity contribution in [1.82, 2.24) is 0 Å². The predicted octanol–water partition coefficient (Wildman–Crippen LogP) is 6.28. The highest BCUT2D eigenvalue weighted by Crippen LogP contribution is 2.26. The maximum absolute atomic E-state index is 2.30. The Balaban J connectivity index is 1.49. The summed E-state index contributed by atoms with van der Waals surface area (Å²) >= 11 is 0. The van der Waals surface area contributed by atoms with Gasteiger partial charge in [-0.25, -0.2) is 0 Å². The molecule has 2 atom stereocenters. The van der Waals surface area contributed by atoms with Crippen LogP contribution in [0.5, 0.6) is 0 Å². The van der Waals surface area contributed by atoms with E-state index in [2.05, 4.69) is 133 Å². The van der Waals surface area contributed by atoms with Crippen molar-refractivity contribution in [3.63, 3.8) is 0 Å². The molecule has 0 aliphatic carbocycles. The van der Waals surface area contributed by atoms with Gasteiger partial charge < -0.3 is 0 Å². The molecule has 0 amide bonds. The first-order valence-corrected chi connectivity index (χ1v) is 12.8. The minimum absolute atomic E-state index is 0.622. The van der Waals surface area contributed by atoms with Gasteiger partial charge in [0.1, 0.15) is 0 Å². The van der Waals surface area contributed by atoms with Crippen LogP contribution >= 0.6 is 17.2 Å². The molecule has 2 heteroatoms. The van der Waals surface area contributed by atoms with E-state index in [-0.39, 0.29) is 0 Å². The Morgan fingerprint density at radius 3 is 1.00 bits per heavy atom. The summed E-state index contributed by atoms with van der Waals surface area (Å²) in [7, 11) is 1.24. The van der Waals surface area contributed by atoms with Crippen molar-refractivity contribution in [3.8, 4) is 22.3 Å². The van der Waals surface area contributed by atoms with Gasteiger partial charge in [-0.3, -0.25) is 0 Å². The highest BCUT2D eigenvalue weighted by Gasteiger charge is 2.11. The molecular formula is C30H24P2. The van der Waals surface area contributed by atoms with E-state index < -0.39 is 0 Å². The number of hydrogen-bond acceptors (Lipinski definition) is 0. The van der Waals surface area contributed by atoms with Gasteiger partial charge in [0.25, 0.3) is 0 Å². The van der Waals surface area contributed by atoms with Crippen molar-refractivity contribution < 1.29 is 0 Å². The molecule has 0 aliphatic heterocycles. The predicted molar refractivity (Wildman–Crippen MR) is 145 cm³/mol. The van der Waals surface area contributed by atoms with Gasteiger partial charge in [-0.05, 0) is 43.5 Å². The van der Waals surface area contributed by atoms with E-state index >= 15 is 0 Å². The standard InChI is InChI=1S/C30H24P2/c1-3-13-23(14-4-1)25-17-7-9-19-27(25)31-29-21-11-12-22-30(29)32-28-20-10-8-18-26(28)24-15-5-2-6-16-24/h1-22,31-32H. The molecule has 2 unspecified atom stereocenters. The third-order valence-corrected chi connectivity index (χ3v) is 8.56. The summed E-state index contributed by atoms with van der Waals surface area (Å²) in [5, 5.41) is 5.65. The molecule has 0 nitrogen and oxygen atoms in total. The van der Waals surface area contributed by atoms with E-state index in [4.69, 9.17) is 0 Å². The molecule has 5 aromatic rings. The maximum Gasteiger partial charge on any atom is -0.0106 e. The van der Waals surface area contributed by atoms with Crippen molar-refractivity contribution in [2.45, 2.75) is 0 Å². The lowest BCUT2D eigenvalue weighted by Gasteiger charge is -2.15. The fraction of sp³-hybridized carbons (Fsp3) is 0. The van der Waals surface area contributed by atoms with Crippen LogP contribution in [0.3, 0.4) is 0 Å². The first-order chi connectivity index (χ1) is 15.9. The second kappa shape index (κ2) is 10.1. The van der Waals surface area contributed by atoms with Crippen molar-refractivity contribution >= 4 is 38.4 Å². The Morgan fingerprint density at radius 2 is 0.594 bits per heavy atom. The third-order valence-electron chi connectivity index (χ3n) is 5.49. The summed E-state index contributed by atoms with van der Waals surface area (Å²) in [5.41, 5.74) is 5.22. The molecule has 154 valence electrons. The number of hydrogen-bond donors (Lipinski definition) is 0. The summed E-state index contributed by atoms with van der Waals surface area (Å²) in [4.78, 5) is 0. The normalized spacial score (nSPS) is 11.5. The fourth-order valence-electron chi connectivity index (χ4n) is 3.91. The molecule has 0 N–H and O–H groups in total. The van der Waals surface area contributed by atoms with Crippen LogP contribution in [0.4, 0.5) is 0 Å².